The van der Waals surface area contributed by atoms with Gasteiger partial charge >= 0.3 is 22.3 Å². The van der Waals surface area contributed by atoms with Gasteiger partial charge in [-0.3, -0.25) is 0 Å². The van der Waals surface area contributed by atoms with Crippen molar-refractivity contribution in [1.82, 2.24) is 4.90 Å². The Morgan fingerprint density at radius 2 is 1.68 bits per heavy atom. The standard InChI is InChI=1S/C26H20ClF3N2O5S/c27-20-5-2-6-21(15-20)31-25(33)32(17-23-7-3-13-36-23)16-18-9-11-22(12-10-18)37-38(34,35)24-8-1-4-19(14-24)26(28,29)30/h1-15H,16-17H2,(H,31,33). The van der Waals surface area contributed by atoms with Crippen LogP contribution in [0.1, 0.15) is 16.9 Å². The van der Waals surface area contributed by atoms with E-state index in [1.807, 2.05) is 0 Å². The highest BCUT2D eigenvalue weighted by Gasteiger charge is 2.32. The van der Waals surface area contributed by atoms with Gasteiger partial charge in [-0.1, -0.05) is 35.9 Å². The smallest absolute Gasteiger partial charge is 0.416 e. The van der Waals surface area contributed by atoms with Crippen molar-refractivity contribution in [3.63, 3.8) is 0 Å². The fourth-order valence-corrected chi connectivity index (χ4v) is 4.60. The molecule has 0 spiro atoms. The summed E-state index contributed by atoms with van der Waals surface area (Å²) < 4.78 is 74.4. The number of furan rings is 1. The monoisotopic (exact) mass is 564 g/mol. The first-order chi connectivity index (χ1) is 18.0. The van der Waals surface area contributed by atoms with Gasteiger partial charge in [-0.15, -0.1) is 0 Å². The van der Waals surface area contributed by atoms with Crippen LogP contribution in [0, 0.1) is 0 Å². The van der Waals surface area contributed by atoms with Gasteiger partial charge in [0, 0.05) is 17.3 Å². The molecular formula is C26H20ClF3N2O5S. The van der Waals surface area contributed by atoms with Gasteiger partial charge in [-0.2, -0.15) is 21.6 Å². The molecule has 0 bridgehead atoms. The molecule has 12 heteroatoms. The highest BCUT2D eigenvalue weighted by Crippen LogP contribution is 2.31. The Hall–Kier alpha value is -3.96. The molecule has 0 aliphatic heterocycles. The molecule has 0 saturated heterocycles. The van der Waals surface area contributed by atoms with Crippen molar-refractivity contribution in [3.05, 3.63) is 113 Å². The van der Waals surface area contributed by atoms with Gasteiger partial charge in [0.2, 0.25) is 0 Å². The largest absolute Gasteiger partial charge is 0.467 e. The molecule has 38 heavy (non-hydrogen) atoms. The minimum Gasteiger partial charge on any atom is -0.467 e. The van der Waals surface area contributed by atoms with Crippen LogP contribution >= 0.6 is 11.6 Å². The molecule has 2 amide bonds. The summed E-state index contributed by atoms with van der Waals surface area (Å²) in [5.74, 6) is 0.436. The van der Waals surface area contributed by atoms with E-state index >= 15 is 0 Å². The Kier molecular flexibility index (Phi) is 7.98. The number of amides is 2. The third-order valence-electron chi connectivity index (χ3n) is 5.24. The summed E-state index contributed by atoms with van der Waals surface area (Å²) in [6.45, 7) is 0.259. The van der Waals surface area contributed by atoms with Crippen LogP contribution in [-0.4, -0.2) is 19.3 Å². The topological polar surface area (TPSA) is 88.9 Å². The number of alkyl halides is 3. The molecule has 0 aliphatic rings. The molecule has 0 radical (unpaired) electrons. The zero-order valence-corrected chi connectivity index (χ0v) is 21.1. The molecule has 0 atom stereocenters. The van der Waals surface area contributed by atoms with E-state index in [4.69, 9.17) is 20.2 Å². The van der Waals surface area contributed by atoms with E-state index in [0.717, 1.165) is 18.2 Å². The molecule has 1 aromatic heterocycles. The van der Waals surface area contributed by atoms with Crippen LogP contribution in [0.5, 0.6) is 5.75 Å². The maximum atomic E-state index is 13.0. The number of hydrogen-bond acceptors (Lipinski definition) is 5. The number of hydrogen-bond donors (Lipinski definition) is 1. The first-order valence-electron chi connectivity index (χ1n) is 11.0. The molecule has 7 nitrogen and oxygen atoms in total. The summed E-state index contributed by atoms with van der Waals surface area (Å²) in [6, 6.07) is 18.7. The molecule has 0 saturated carbocycles. The van der Waals surface area contributed by atoms with E-state index in [2.05, 4.69) is 5.32 Å². The normalized spacial score (nSPS) is 11.7. The number of rotatable bonds is 8. The molecule has 0 unspecified atom stereocenters. The Morgan fingerprint density at radius 3 is 2.34 bits per heavy atom. The average Bonchev–Trinajstić information content (AvgIpc) is 3.37. The Morgan fingerprint density at radius 1 is 0.947 bits per heavy atom. The summed E-state index contributed by atoms with van der Waals surface area (Å²) in [6.07, 6.45) is -3.22. The quantitative estimate of drug-likeness (QED) is 0.234. The van der Waals surface area contributed by atoms with E-state index < -0.39 is 32.8 Å². The van der Waals surface area contributed by atoms with Gasteiger partial charge in [0.15, 0.2) is 0 Å². The molecule has 3 aromatic carbocycles. The number of halogens is 4. The van der Waals surface area contributed by atoms with E-state index in [-0.39, 0.29) is 18.8 Å². The van der Waals surface area contributed by atoms with Crippen molar-refractivity contribution >= 4 is 33.4 Å². The second-order valence-electron chi connectivity index (χ2n) is 8.08. The lowest BCUT2D eigenvalue weighted by Gasteiger charge is -2.22. The second kappa shape index (κ2) is 11.2. The summed E-state index contributed by atoms with van der Waals surface area (Å²) in [7, 11) is -4.52. The molecule has 0 fully saturated rings. The van der Waals surface area contributed by atoms with Crippen molar-refractivity contribution in [2.24, 2.45) is 0 Å². The number of nitrogens with one attached hydrogen (secondary N) is 1. The van der Waals surface area contributed by atoms with Crippen LogP contribution in [0.4, 0.5) is 23.7 Å². The fourth-order valence-electron chi connectivity index (χ4n) is 3.43. The van der Waals surface area contributed by atoms with Gasteiger partial charge in [-0.25, -0.2) is 4.79 Å². The van der Waals surface area contributed by atoms with Gasteiger partial charge in [0.05, 0.1) is 18.4 Å². The first kappa shape index (κ1) is 27.1. The number of carbonyl (C=O) groups is 1. The average molecular weight is 565 g/mol. The van der Waals surface area contributed by atoms with Gasteiger partial charge in [-0.05, 0) is 66.2 Å². The number of carbonyl (C=O) groups excluding carboxylic acids is 1. The van der Waals surface area contributed by atoms with E-state index in [9.17, 15) is 26.4 Å². The molecule has 198 valence electrons. The van der Waals surface area contributed by atoms with Crippen LogP contribution in [0.15, 0.2) is 101 Å². The molecule has 4 aromatic rings. The Balaban J connectivity index is 1.48. The maximum absolute atomic E-state index is 13.0. The summed E-state index contributed by atoms with van der Waals surface area (Å²) in [5, 5.41) is 3.22. The lowest BCUT2D eigenvalue weighted by atomic mass is 10.2. The third-order valence-corrected chi connectivity index (χ3v) is 6.72. The summed E-state index contributed by atoms with van der Waals surface area (Å²) in [5.41, 5.74) is 0.0160. The van der Waals surface area contributed by atoms with Crippen LogP contribution < -0.4 is 9.50 Å². The Labute approximate surface area is 221 Å². The van der Waals surface area contributed by atoms with Gasteiger partial charge in [0.1, 0.15) is 16.4 Å². The predicted octanol–water partition coefficient (Wildman–Crippen LogP) is 6.95. The SMILES string of the molecule is O=C(Nc1cccc(Cl)c1)N(Cc1ccc(OS(=O)(=O)c2cccc(C(F)(F)F)c2)cc1)Cc1ccco1. The first-order valence-corrected chi connectivity index (χ1v) is 12.8. The molecule has 1 heterocycles. The third kappa shape index (κ3) is 7.08. The van der Waals surface area contributed by atoms with Gasteiger partial charge in [0.25, 0.3) is 0 Å². The maximum Gasteiger partial charge on any atom is 0.416 e. The predicted molar refractivity (Wildman–Crippen MR) is 134 cm³/mol. The van der Waals surface area contributed by atoms with E-state index in [0.29, 0.717) is 28.1 Å². The lowest BCUT2D eigenvalue weighted by molar-refractivity contribution is -0.137. The minimum absolute atomic E-state index is 0.105. The minimum atomic E-state index is -4.70. The summed E-state index contributed by atoms with van der Waals surface area (Å²) >= 11 is 6.00. The van der Waals surface area contributed by atoms with E-state index in [1.165, 1.54) is 23.3 Å². The highest BCUT2D eigenvalue weighted by molar-refractivity contribution is 7.87. The van der Waals surface area contributed by atoms with Crippen LogP contribution in [0.25, 0.3) is 0 Å². The summed E-state index contributed by atoms with van der Waals surface area (Å²) in [4.78, 5) is 13.9. The molecular weight excluding hydrogens is 545 g/mol. The van der Waals surface area contributed by atoms with Crippen molar-refractivity contribution in [2.75, 3.05) is 5.32 Å². The van der Waals surface area contributed by atoms with Crippen LogP contribution in [0.2, 0.25) is 5.02 Å². The lowest BCUT2D eigenvalue weighted by Crippen LogP contribution is -2.34. The van der Waals surface area contributed by atoms with Gasteiger partial charge < -0.3 is 18.8 Å². The van der Waals surface area contributed by atoms with Crippen molar-refractivity contribution in [2.45, 2.75) is 24.2 Å². The second-order valence-corrected chi connectivity index (χ2v) is 10.1. The van der Waals surface area contributed by atoms with Crippen molar-refractivity contribution in [1.29, 1.82) is 0 Å². The number of nitrogens with zero attached hydrogens (tertiary/aromatic N) is 1. The van der Waals surface area contributed by atoms with Crippen LogP contribution in [0.3, 0.4) is 0 Å². The number of anilines is 1. The van der Waals surface area contributed by atoms with Crippen molar-refractivity contribution < 1.29 is 35.0 Å². The molecule has 0 aliphatic carbocycles. The molecule has 1 N–H and O–H groups in total. The van der Waals surface area contributed by atoms with Crippen molar-refractivity contribution in [3.8, 4) is 5.75 Å². The van der Waals surface area contributed by atoms with E-state index in [1.54, 1.807) is 48.5 Å². The zero-order chi connectivity index (χ0) is 27.3. The number of urea groups is 1. The fraction of sp³-hybridized carbons (Fsp3) is 0.115. The number of benzene rings is 3. The Bertz CT molecular complexity index is 1510. The zero-order valence-electron chi connectivity index (χ0n) is 19.5. The highest BCUT2D eigenvalue weighted by atomic mass is 35.5. The molecule has 4 rings (SSSR count). The van der Waals surface area contributed by atoms with Crippen LogP contribution in [-0.2, 0) is 29.4 Å².